The first-order valence-electron chi connectivity index (χ1n) is 8.58. The Morgan fingerprint density at radius 3 is 2.57 bits per heavy atom. The molecule has 0 aliphatic heterocycles. The predicted molar refractivity (Wildman–Crippen MR) is 109 cm³/mol. The van der Waals surface area contributed by atoms with E-state index in [1.165, 1.54) is 20.3 Å². The van der Waals surface area contributed by atoms with Gasteiger partial charge in [0.1, 0.15) is 0 Å². The molecule has 0 unspecified atom stereocenters. The van der Waals surface area contributed by atoms with E-state index >= 15 is 0 Å². The first-order valence-corrected chi connectivity index (χ1v) is 8.95. The maximum atomic E-state index is 12.3. The summed E-state index contributed by atoms with van der Waals surface area (Å²) in [6, 6.07) is 8.36. The fourth-order valence-electron chi connectivity index (χ4n) is 2.47. The molecule has 1 N–H and O–H groups in total. The highest BCUT2D eigenvalue weighted by molar-refractivity contribution is 6.32. The number of ether oxygens (including phenoxy) is 3. The quantitative estimate of drug-likeness (QED) is 0.544. The van der Waals surface area contributed by atoms with Crippen LogP contribution >= 0.6 is 11.6 Å². The second-order valence-electron chi connectivity index (χ2n) is 5.81. The Morgan fingerprint density at radius 1 is 1.18 bits per heavy atom. The number of carbonyl (C=O) groups excluding carboxylic acids is 2. The van der Waals surface area contributed by atoms with Crippen molar-refractivity contribution in [3.8, 4) is 11.5 Å². The van der Waals surface area contributed by atoms with Crippen LogP contribution < -0.4 is 14.8 Å². The van der Waals surface area contributed by atoms with E-state index in [0.29, 0.717) is 39.9 Å². The molecule has 0 aromatic heterocycles. The van der Waals surface area contributed by atoms with E-state index in [-0.39, 0.29) is 5.91 Å². The third kappa shape index (κ3) is 5.27. The standard InChI is InChI=1S/C21H22ClNO5/c1-5-28-20-16(22)10-14(11-18(20)26-3)7-9-19(24)23-17-12-15(21(25)27-4)8-6-13(17)2/h6-12H,5H2,1-4H3,(H,23,24)/b9-7+. The third-order valence-electron chi connectivity index (χ3n) is 3.88. The van der Waals surface area contributed by atoms with Crippen molar-refractivity contribution in [1.82, 2.24) is 0 Å². The van der Waals surface area contributed by atoms with E-state index in [2.05, 4.69) is 5.32 Å². The summed E-state index contributed by atoms with van der Waals surface area (Å²) >= 11 is 6.24. The van der Waals surface area contributed by atoms with E-state index in [1.54, 1.807) is 36.4 Å². The monoisotopic (exact) mass is 403 g/mol. The van der Waals surface area contributed by atoms with E-state index < -0.39 is 5.97 Å². The molecule has 2 rings (SSSR count). The first kappa shape index (κ1) is 21.3. The number of methoxy groups -OCH3 is 2. The molecular weight excluding hydrogens is 382 g/mol. The predicted octanol–water partition coefficient (Wildman–Crippen LogP) is 4.49. The molecule has 0 aliphatic carbocycles. The molecule has 0 radical (unpaired) electrons. The third-order valence-corrected chi connectivity index (χ3v) is 4.16. The molecule has 0 aliphatic rings. The normalized spacial score (nSPS) is 10.6. The Bertz CT molecular complexity index is 908. The maximum Gasteiger partial charge on any atom is 0.337 e. The lowest BCUT2D eigenvalue weighted by Crippen LogP contribution is -2.10. The zero-order valence-electron chi connectivity index (χ0n) is 16.2. The van der Waals surface area contributed by atoms with Crippen LogP contribution in [-0.2, 0) is 9.53 Å². The van der Waals surface area contributed by atoms with E-state index in [1.807, 2.05) is 13.8 Å². The highest BCUT2D eigenvalue weighted by Crippen LogP contribution is 2.36. The zero-order chi connectivity index (χ0) is 20.7. The molecular formula is C21H22ClNO5. The summed E-state index contributed by atoms with van der Waals surface area (Å²) in [7, 11) is 2.82. The second-order valence-corrected chi connectivity index (χ2v) is 6.22. The van der Waals surface area contributed by atoms with Gasteiger partial charge in [-0.15, -0.1) is 0 Å². The molecule has 0 heterocycles. The van der Waals surface area contributed by atoms with Gasteiger partial charge in [-0.3, -0.25) is 4.79 Å². The zero-order valence-corrected chi connectivity index (χ0v) is 16.9. The van der Waals surface area contributed by atoms with Crippen LogP contribution in [-0.4, -0.2) is 32.7 Å². The van der Waals surface area contributed by atoms with Crippen LogP contribution in [0.2, 0.25) is 5.02 Å². The lowest BCUT2D eigenvalue weighted by atomic mass is 10.1. The van der Waals surface area contributed by atoms with Gasteiger partial charge in [0.15, 0.2) is 11.5 Å². The lowest BCUT2D eigenvalue weighted by Gasteiger charge is -2.12. The SMILES string of the molecule is CCOc1c(Cl)cc(/C=C/C(=O)Nc2cc(C(=O)OC)ccc2C)cc1OC. The van der Waals surface area contributed by atoms with Gasteiger partial charge >= 0.3 is 5.97 Å². The fraction of sp³-hybridized carbons (Fsp3) is 0.238. The summed E-state index contributed by atoms with van der Waals surface area (Å²) in [6.07, 6.45) is 2.98. The van der Waals surface area contributed by atoms with Crippen LogP contribution in [0.4, 0.5) is 5.69 Å². The van der Waals surface area contributed by atoms with Crippen molar-refractivity contribution < 1.29 is 23.8 Å². The smallest absolute Gasteiger partial charge is 0.337 e. The van der Waals surface area contributed by atoms with Gasteiger partial charge in [-0.25, -0.2) is 4.79 Å². The lowest BCUT2D eigenvalue weighted by molar-refractivity contribution is -0.111. The average Bonchev–Trinajstić information content (AvgIpc) is 2.69. The number of aryl methyl sites for hydroxylation is 1. The average molecular weight is 404 g/mol. The highest BCUT2D eigenvalue weighted by Gasteiger charge is 2.12. The molecule has 0 saturated carbocycles. The van der Waals surface area contributed by atoms with Gasteiger partial charge in [-0.1, -0.05) is 17.7 Å². The van der Waals surface area contributed by atoms with Gasteiger partial charge < -0.3 is 19.5 Å². The highest BCUT2D eigenvalue weighted by atomic mass is 35.5. The molecule has 1 amide bonds. The Kier molecular flexibility index (Phi) is 7.46. The molecule has 28 heavy (non-hydrogen) atoms. The molecule has 0 fully saturated rings. The molecule has 0 spiro atoms. The van der Waals surface area contributed by atoms with Crippen molar-refractivity contribution in [3.05, 3.63) is 58.1 Å². The van der Waals surface area contributed by atoms with Gasteiger partial charge in [-0.05, 0) is 55.3 Å². The van der Waals surface area contributed by atoms with Gasteiger partial charge in [0, 0.05) is 11.8 Å². The van der Waals surface area contributed by atoms with Crippen molar-refractivity contribution in [2.75, 3.05) is 26.1 Å². The molecule has 148 valence electrons. The van der Waals surface area contributed by atoms with Gasteiger partial charge in [0.2, 0.25) is 5.91 Å². The van der Waals surface area contributed by atoms with Crippen LogP contribution in [0.3, 0.4) is 0 Å². The summed E-state index contributed by atoms with van der Waals surface area (Å²) in [4.78, 5) is 24.0. The second kappa shape index (κ2) is 9.80. The Labute approximate surface area is 169 Å². The topological polar surface area (TPSA) is 73.9 Å². The van der Waals surface area contributed by atoms with E-state index in [0.717, 1.165) is 5.56 Å². The van der Waals surface area contributed by atoms with Crippen LogP contribution in [0.15, 0.2) is 36.4 Å². The number of nitrogens with one attached hydrogen (secondary N) is 1. The van der Waals surface area contributed by atoms with Crippen LogP contribution in [0.25, 0.3) is 6.08 Å². The van der Waals surface area contributed by atoms with Crippen molar-refractivity contribution in [2.24, 2.45) is 0 Å². The van der Waals surface area contributed by atoms with Gasteiger partial charge in [0.25, 0.3) is 0 Å². The van der Waals surface area contributed by atoms with Crippen molar-refractivity contribution in [3.63, 3.8) is 0 Å². The number of amides is 1. The number of rotatable bonds is 7. The van der Waals surface area contributed by atoms with Crippen molar-refractivity contribution in [1.29, 1.82) is 0 Å². The Hall–Kier alpha value is -2.99. The molecule has 2 aromatic carbocycles. The summed E-state index contributed by atoms with van der Waals surface area (Å²) in [5.41, 5.74) is 2.39. The number of hydrogen-bond acceptors (Lipinski definition) is 5. The van der Waals surface area contributed by atoms with Gasteiger partial charge in [-0.2, -0.15) is 0 Å². The Balaban J connectivity index is 2.18. The molecule has 0 bridgehead atoms. The number of hydrogen-bond donors (Lipinski definition) is 1. The number of anilines is 1. The largest absolute Gasteiger partial charge is 0.493 e. The molecule has 7 heteroatoms. The molecule has 0 saturated heterocycles. The fourth-order valence-corrected chi connectivity index (χ4v) is 2.74. The Morgan fingerprint density at radius 2 is 1.93 bits per heavy atom. The minimum atomic E-state index is -0.470. The number of esters is 1. The van der Waals surface area contributed by atoms with E-state index in [4.69, 9.17) is 25.8 Å². The van der Waals surface area contributed by atoms with Crippen LogP contribution in [0, 0.1) is 6.92 Å². The maximum absolute atomic E-state index is 12.3. The van der Waals surface area contributed by atoms with Gasteiger partial charge in [0.05, 0.1) is 31.4 Å². The van der Waals surface area contributed by atoms with Crippen LogP contribution in [0.1, 0.15) is 28.4 Å². The van der Waals surface area contributed by atoms with Crippen molar-refractivity contribution in [2.45, 2.75) is 13.8 Å². The summed E-state index contributed by atoms with van der Waals surface area (Å²) in [5, 5.41) is 3.14. The number of carbonyl (C=O) groups is 2. The van der Waals surface area contributed by atoms with Crippen molar-refractivity contribution >= 4 is 35.2 Å². The minimum absolute atomic E-state index is 0.353. The minimum Gasteiger partial charge on any atom is -0.493 e. The number of benzene rings is 2. The molecule has 2 aromatic rings. The summed E-state index contributed by atoms with van der Waals surface area (Å²) in [6.45, 7) is 4.14. The molecule has 6 nitrogen and oxygen atoms in total. The summed E-state index contributed by atoms with van der Waals surface area (Å²) in [5.74, 6) is 0.121. The summed E-state index contributed by atoms with van der Waals surface area (Å²) < 4.78 is 15.5. The van der Waals surface area contributed by atoms with E-state index in [9.17, 15) is 9.59 Å². The molecule has 0 atom stereocenters. The van der Waals surface area contributed by atoms with Crippen LogP contribution in [0.5, 0.6) is 11.5 Å². The first-order chi connectivity index (χ1) is 13.4. The number of halogens is 1.